The summed E-state index contributed by atoms with van der Waals surface area (Å²) in [6.45, 7) is 2.55. The van der Waals surface area contributed by atoms with E-state index in [1.165, 1.54) is 4.90 Å². The van der Waals surface area contributed by atoms with Crippen LogP contribution in [0.1, 0.15) is 29.2 Å². The van der Waals surface area contributed by atoms with Crippen LogP contribution in [0.4, 0.5) is 0 Å². The average molecular weight is 488 g/mol. The molecule has 36 heavy (non-hydrogen) atoms. The molecule has 1 aliphatic rings. The fourth-order valence-electron chi connectivity index (χ4n) is 4.38. The predicted molar refractivity (Wildman–Crippen MR) is 136 cm³/mol. The summed E-state index contributed by atoms with van der Waals surface area (Å²) in [4.78, 5) is 27.9. The maximum Gasteiger partial charge on any atom is 0.295 e. The first-order valence-corrected chi connectivity index (χ1v) is 11.7. The number of Topliss-reactive ketones (excluding diaryl/α,β-unsaturated/α-hetero) is 1. The number of carbonyl (C=O) groups is 2. The normalized spacial score (nSPS) is 16.9. The van der Waals surface area contributed by atoms with Crippen molar-refractivity contribution in [2.45, 2.75) is 19.4 Å². The van der Waals surface area contributed by atoms with E-state index < -0.39 is 17.7 Å². The third kappa shape index (κ3) is 5.11. The van der Waals surface area contributed by atoms with Crippen LogP contribution in [-0.4, -0.2) is 49.1 Å². The topological polar surface area (TPSA) is 85.3 Å². The van der Waals surface area contributed by atoms with Crippen molar-refractivity contribution in [3.63, 3.8) is 0 Å². The number of aliphatic hydroxyl groups is 1. The van der Waals surface area contributed by atoms with Gasteiger partial charge in [-0.2, -0.15) is 0 Å². The molecule has 7 nitrogen and oxygen atoms in total. The number of amides is 1. The Labute approximate surface area is 210 Å². The van der Waals surface area contributed by atoms with Gasteiger partial charge in [0.1, 0.15) is 23.0 Å². The van der Waals surface area contributed by atoms with Gasteiger partial charge in [-0.25, -0.2) is 0 Å². The van der Waals surface area contributed by atoms with Crippen molar-refractivity contribution >= 4 is 17.4 Å². The molecule has 0 aliphatic carbocycles. The minimum absolute atomic E-state index is 0.0440. The molecule has 1 atom stereocenters. The zero-order valence-electron chi connectivity index (χ0n) is 20.6. The average Bonchev–Trinajstić information content (AvgIpc) is 3.14. The van der Waals surface area contributed by atoms with E-state index in [4.69, 9.17) is 14.2 Å². The molecule has 1 N–H and O–H groups in total. The van der Waals surface area contributed by atoms with Gasteiger partial charge in [-0.1, -0.05) is 30.3 Å². The minimum Gasteiger partial charge on any atom is -0.507 e. The van der Waals surface area contributed by atoms with Crippen molar-refractivity contribution in [3.8, 4) is 17.2 Å². The van der Waals surface area contributed by atoms with Gasteiger partial charge in [0.2, 0.25) is 0 Å². The molecule has 3 aromatic rings. The SMILES string of the molecule is COCCCN1C(=O)C(=O)/C(=C(/O)c2ccc(OC)cc2C)C1c1cccc(Oc2ccccc2)c1. The van der Waals surface area contributed by atoms with E-state index >= 15 is 0 Å². The second-order valence-electron chi connectivity index (χ2n) is 8.51. The number of likely N-dealkylation sites (tertiary alicyclic amines) is 1. The molecule has 0 radical (unpaired) electrons. The smallest absolute Gasteiger partial charge is 0.295 e. The number of aliphatic hydroxyl groups excluding tert-OH is 1. The van der Waals surface area contributed by atoms with Crippen LogP contribution < -0.4 is 9.47 Å². The fourth-order valence-corrected chi connectivity index (χ4v) is 4.38. The molecule has 1 aliphatic heterocycles. The molecular formula is C29H29NO6. The molecule has 0 aromatic heterocycles. The first kappa shape index (κ1) is 25.0. The Morgan fingerprint density at radius 3 is 2.36 bits per heavy atom. The highest BCUT2D eigenvalue weighted by molar-refractivity contribution is 6.46. The van der Waals surface area contributed by atoms with Crippen LogP contribution in [0.5, 0.6) is 17.2 Å². The summed E-state index contributed by atoms with van der Waals surface area (Å²) >= 11 is 0. The Kier molecular flexibility index (Phi) is 7.71. The lowest BCUT2D eigenvalue weighted by Gasteiger charge is -2.25. The van der Waals surface area contributed by atoms with Gasteiger partial charge in [0.05, 0.1) is 18.7 Å². The number of carbonyl (C=O) groups excluding carboxylic acids is 2. The molecule has 0 bridgehead atoms. The standard InChI is InChI=1S/C29H29NO6/c1-19-17-22(35-3)13-14-24(19)27(31)25-26(30(15-8-16-34-2)29(33)28(25)32)20-9-7-12-23(18-20)36-21-10-5-4-6-11-21/h4-7,9-14,17-18,26,31H,8,15-16H2,1-3H3/b27-25+. The molecule has 1 heterocycles. The summed E-state index contributed by atoms with van der Waals surface area (Å²) in [6.07, 6.45) is 0.543. The molecule has 1 amide bonds. The predicted octanol–water partition coefficient (Wildman–Crippen LogP) is 5.25. The van der Waals surface area contributed by atoms with E-state index in [1.807, 2.05) is 49.4 Å². The van der Waals surface area contributed by atoms with Crippen LogP contribution in [-0.2, 0) is 14.3 Å². The molecule has 3 aromatic carbocycles. The van der Waals surface area contributed by atoms with Crippen molar-refractivity contribution in [1.29, 1.82) is 0 Å². The highest BCUT2D eigenvalue weighted by Crippen LogP contribution is 2.41. The lowest BCUT2D eigenvalue weighted by Crippen LogP contribution is -2.31. The summed E-state index contributed by atoms with van der Waals surface area (Å²) in [7, 11) is 3.15. The Morgan fingerprint density at radius 2 is 1.67 bits per heavy atom. The lowest BCUT2D eigenvalue weighted by atomic mass is 9.93. The van der Waals surface area contributed by atoms with Gasteiger partial charge in [0.15, 0.2) is 0 Å². The summed E-state index contributed by atoms with van der Waals surface area (Å²) in [5.41, 5.74) is 1.89. The Balaban J connectivity index is 1.80. The largest absolute Gasteiger partial charge is 0.507 e. The second-order valence-corrected chi connectivity index (χ2v) is 8.51. The van der Waals surface area contributed by atoms with Crippen molar-refractivity contribution in [2.24, 2.45) is 0 Å². The van der Waals surface area contributed by atoms with Gasteiger partial charge in [-0.05, 0) is 66.9 Å². The molecule has 186 valence electrons. The third-order valence-electron chi connectivity index (χ3n) is 6.13. The van der Waals surface area contributed by atoms with E-state index in [1.54, 1.807) is 44.6 Å². The van der Waals surface area contributed by atoms with Crippen LogP contribution in [0.3, 0.4) is 0 Å². The number of aryl methyl sites for hydroxylation is 1. The number of hydrogen-bond donors (Lipinski definition) is 1. The number of nitrogens with zero attached hydrogens (tertiary/aromatic N) is 1. The van der Waals surface area contributed by atoms with Crippen molar-refractivity contribution in [3.05, 3.63) is 95.1 Å². The van der Waals surface area contributed by atoms with Gasteiger partial charge in [-0.3, -0.25) is 9.59 Å². The Bertz CT molecular complexity index is 1280. The fraction of sp³-hybridized carbons (Fsp3) is 0.241. The number of para-hydroxylation sites is 1. The lowest BCUT2D eigenvalue weighted by molar-refractivity contribution is -0.140. The van der Waals surface area contributed by atoms with Gasteiger partial charge < -0.3 is 24.2 Å². The summed E-state index contributed by atoms with van der Waals surface area (Å²) in [5.74, 6) is 0.255. The summed E-state index contributed by atoms with van der Waals surface area (Å²) < 4.78 is 16.4. The number of methoxy groups -OCH3 is 2. The summed E-state index contributed by atoms with van der Waals surface area (Å²) in [6, 6.07) is 21.0. The molecular weight excluding hydrogens is 458 g/mol. The minimum atomic E-state index is -0.775. The molecule has 0 saturated carbocycles. The van der Waals surface area contributed by atoms with Crippen LogP contribution in [0, 0.1) is 6.92 Å². The molecule has 1 saturated heterocycles. The van der Waals surface area contributed by atoms with Crippen LogP contribution in [0.2, 0.25) is 0 Å². The highest BCUT2D eigenvalue weighted by Gasteiger charge is 2.46. The van der Waals surface area contributed by atoms with Crippen LogP contribution >= 0.6 is 0 Å². The molecule has 7 heteroatoms. The van der Waals surface area contributed by atoms with Gasteiger partial charge in [-0.15, -0.1) is 0 Å². The van der Waals surface area contributed by atoms with Crippen LogP contribution in [0.25, 0.3) is 5.76 Å². The number of benzene rings is 3. The van der Waals surface area contributed by atoms with E-state index in [2.05, 4.69) is 0 Å². The molecule has 4 rings (SSSR count). The molecule has 0 spiro atoms. The number of ether oxygens (including phenoxy) is 3. The molecule has 1 fully saturated rings. The highest BCUT2D eigenvalue weighted by atomic mass is 16.5. The molecule has 1 unspecified atom stereocenters. The second kappa shape index (κ2) is 11.1. The van der Waals surface area contributed by atoms with Gasteiger partial charge in [0, 0.05) is 25.8 Å². The zero-order chi connectivity index (χ0) is 25.7. The Morgan fingerprint density at radius 1 is 0.917 bits per heavy atom. The third-order valence-corrected chi connectivity index (χ3v) is 6.13. The van der Waals surface area contributed by atoms with Crippen molar-refractivity contribution in [2.75, 3.05) is 27.4 Å². The van der Waals surface area contributed by atoms with Crippen molar-refractivity contribution in [1.82, 2.24) is 4.90 Å². The van der Waals surface area contributed by atoms with E-state index in [0.29, 0.717) is 47.9 Å². The van der Waals surface area contributed by atoms with E-state index in [9.17, 15) is 14.7 Å². The number of rotatable bonds is 9. The number of ketones is 1. The first-order valence-electron chi connectivity index (χ1n) is 11.7. The quantitative estimate of drug-likeness (QED) is 0.192. The maximum atomic E-state index is 13.3. The van der Waals surface area contributed by atoms with E-state index in [-0.39, 0.29) is 11.3 Å². The maximum absolute atomic E-state index is 13.3. The summed E-state index contributed by atoms with van der Waals surface area (Å²) in [5, 5.41) is 11.4. The van der Waals surface area contributed by atoms with E-state index in [0.717, 1.165) is 5.56 Å². The van der Waals surface area contributed by atoms with Crippen LogP contribution in [0.15, 0.2) is 78.4 Å². The monoisotopic (exact) mass is 487 g/mol. The Hall–Kier alpha value is -4.10. The van der Waals surface area contributed by atoms with Gasteiger partial charge >= 0.3 is 0 Å². The first-order chi connectivity index (χ1) is 17.4. The zero-order valence-corrected chi connectivity index (χ0v) is 20.6. The van der Waals surface area contributed by atoms with Gasteiger partial charge in [0.25, 0.3) is 11.7 Å². The van der Waals surface area contributed by atoms with Crippen molar-refractivity contribution < 1.29 is 28.9 Å². The number of hydrogen-bond acceptors (Lipinski definition) is 6.